The standard InChI is InChI=1S/C46H78N2O7/c1-6-8-9-23-54-42(41-28(3)31-14-11-29(10-7-2)12-15-38(31)55-41)44(5,52)39-19-22-46(53)33-24-35(49)34-25-36(50)37(51)26-45(34,32(33)18-20-43(39,46)4)21-17-30-13-16-40(47)48-27-30/h24,28-32,34,36-42,48,50-53H,6-23,25-27,47H2,1-5H3. The summed E-state index contributed by atoms with van der Waals surface area (Å²) in [7, 11) is 0. The first-order chi connectivity index (χ1) is 26.2. The molecule has 6 fully saturated rings. The molecule has 7 aliphatic rings. The minimum absolute atomic E-state index is 0.0149. The minimum Gasteiger partial charge on any atom is -0.390 e. The average Bonchev–Trinajstić information content (AvgIpc) is 3.52. The van der Waals surface area contributed by atoms with Crippen molar-refractivity contribution in [1.82, 2.24) is 5.32 Å². The van der Waals surface area contributed by atoms with E-state index in [1.165, 1.54) is 32.1 Å². The van der Waals surface area contributed by atoms with Gasteiger partial charge < -0.3 is 41.0 Å². The first-order valence-electron chi connectivity index (χ1n) is 23.0. The number of hydrogen-bond donors (Lipinski definition) is 6. The highest BCUT2D eigenvalue weighted by Gasteiger charge is 2.70. The van der Waals surface area contributed by atoms with Crippen molar-refractivity contribution < 1.29 is 34.7 Å². The van der Waals surface area contributed by atoms with Crippen LogP contribution in [0.5, 0.6) is 0 Å². The molecule has 2 heterocycles. The topological polar surface area (TPSA) is 155 Å². The molecule has 9 heteroatoms. The van der Waals surface area contributed by atoms with Gasteiger partial charge in [-0.1, -0.05) is 59.8 Å². The second-order valence-electron chi connectivity index (χ2n) is 20.5. The molecule has 0 aromatic carbocycles. The SMILES string of the molecule is CCCCCOC(C1OC2CCC(CCC)CCC2C1C)C(C)(O)C1CCC2(O)C3=CC(=O)C4CC(O)C(O)CC4(CCC4CCC(N)NC4)C3CCC12C. The van der Waals surface area contributed by atoms with Crippen molar-refractivity contribution in [1.29, 1.82) is 0 Å². The molecule has 0 aromatic rings. The molecular weight excluding hydrogens is 693 g/mol. The van der Waals surface area contributed by atoms with Crippen LogP contribution in [0.4, 0.5) is 0 Å². The summed E-state index contributed by atoms with van der Waals surface area (Å²) in [5, 5.41) is 52.0. The summed E-state index contributed by atoms with van der Waals surface area (Å²) in [6.45, 7) is 12.4. The lowest BCUT2D eigenvalue weighted by Gasteiger charge is -2.62. The maximum absolute atomic E-state index is 14.3. The van der Waals surface area contributed by atoms with Gasteiger partial charge in [-0.05, 0) is 156 Å². The van der Waals surface area contributed by atoms with Gasteiger partial charge in [-0.15, -0.1) is 0 Å². The molecule has 0 bridgehead atoms. The van der Waals surface area contributed by atoms with Gasteiger partial charge in [0.15, 0.2) is 5.78 Å². The lowest BCUT2D eigenvalue weighted by Crippen LogP contribution is -2.64. The molecule has 0 aromatic heterocycles. The summed E-state index contributed by atoms with van der Waals surface area (Å²) in [5.74, 6) is 1.21. The molecule has 5 aliphatic carbocycles. The van der Waals surface area contributed by atoms with E-state index in [-0.39, 0.29) is 54.2 Å². The van der Waals surface area contributed by atoms with Gasteiger partial charge in [-0.25, -0.2) is 0 Å². The van der Waals surface area contributed by atoms with Crippen molar-refractivity contribution in [3.8, 4) is 0 Å². The largest absolute Gasteiger partial charge is 0.390 e. The number of nitrogens with one attached hydrogen (secondary N) is 1. The Morgan fingerprint density at radius 2 is 1.75 bits per heavy atom. The highest BCUT2D eigenvalue weighted by molar-refractivity contribution is 5.95. The molecule has 7 rings (SSSR count). The van der Waals surface area contributed by atoms with Crippen molar-refractivity contribution in [3.63, 3.8) is 0 Å². The van der Waals surface area contributed by atoms with Gasteiger partial charge in [0.1, 0.15) is 6.10 Å². The summed E-state index contributed by atoms with van der Waals surface area (Å²) >= 11 is 0. The van der Waals surface area contributed by atoms with Crippen LogP contribution in [0.2, 0.25) is 0 Å². The maximum Gasteiger partial charge on any atom is 0.159 e. The molecule has 17 atom stereocenters. The fraction of sp³-hybridized carbons (Fsp3) is 0.935. The van der Waals surface area contributed by atoms with Crippen LogP contribution in [0.15, 0.2) is 11.6 Å². The molecule has 0 spiro atoms. The fourth-order valence-corrected chi connectivity index (χ4v) is 14.3. The Balaban J connectivity index is 1.17. The van der Waals surface area contributed by atoms with E-state index in [1.54, 1.807) is 6.08 Å². The van der Waals surface area contributed by atoms with Gasteiger partial charge in [0, 0.05) is 17.9 Å². The zero-order chi connectivity index (χ0) is 39.3. The Morgan fingerprint density at radius 3 is 2.47 bits per heavy atom. The van der Waals surface area contributed by atoms with E-state index in [1.807, 2.05) is 6.92 Å². The summed E-state index contributed by atoms with van der Waals surface area (Å²) in [5.41, 5.74) is 3.22. The van der Waals surface area contributed by atoms with Crippen molar-refractivity contribution in [3.05, 3.63) is 11.6 Å². The first-order valence-corrected chi connectivity index (χ1v) is 23.0. The van der Waals surface area contributed by atoms with Crippen molar-refractivity contribution >= 4 is 5.78 Å². The van der Waals surface area contributed by atoms with E-state index in [2.05, 4.69) is 33.0 Å². The van der Waals surface area contributed by atoms with E-state index >= 15 is 0 Å². The lowest BCUT2D eigenvalue weighted by atomic mass is 9.44. The van der Waals surface area contributed by atoms with Crippen molar-refractivity contribution in [2.24, 2.45) is 58.0 Å². The number of aliphatic hydroxyl groups excluding tert-OH is 2. The summed E-state index contributed by atoms with van der Waals surface area (Å²) in [4.78, 5) is 14.3. The molecule has 314 valence electrons. The number of fused-ring (bicyclic) bond motifs is 6. The second-order valence-corrected chi connectivity index (χ2v) is 20.5. The predicted octanol–water partition coefficient (Wildman–Crippen LogP) is 6.57. The van der Waals surface area contributed by atoms with Gasteiger partial charge >= 0.3 is 0 Å². The highest BCUT2D eigenvalue weighted by atomic mass is 16.6. The van der Waals surface area contributed by atoms with Gasteiger partial charge in [-0.2, -0.15) is 0 Å². The van der Waals surface area contributed by atoms with Crippen molar-refractivity contribution in [2.75, 3.05) is 13.2 Å². The van der Waals surface area contributed by atoms with Gasteiger partial charge in [0.25, 0.3) is 0 Å². The van der Waals surface area contributed by atoms with Gasteiger partial charge in [0.2, 0.25) is 0 Å². The van der Waals surface area contributed by atoms with Crippen LogP contribution in [-0.4, -0.2) is 87.2 Å². The zero-order valence-corrected chi connectivity index (χ0v) is 35.0. The molecule has 9 nitrogen and oxygen atoms in total. The molecular formula is C46H78N2O7. The van der Waals surface area contributed by atoms with Crippen LogP contribution in [0.25, 0.3) is 0 Å². The molecule has 4 saturated carbocycles. The Kier molecular flexibility index (Phi) is 12.8. The van der Waals surface area contributed by atoms with Crippen LogP contribution < -0.4 is 11.1 Å². The van der Waals surface area contributed by atoms with Gasteiger partial charge in [-0.3, -0.25) is 4.79 Å². The fourth-order valence-electron chi connectivity index (χ4n) is 14.3. The lowest BCUT2D eigenvalue weighted by molar-refractivity contribution is -0.213. The first kappa shape index (κ1) is 42.2. The average molecular weight is 771 g/mol. The Bertz CT molecular complexity index is 1370. The normalized spacial score (nSPS) is 47.5. The number of piperidine rings is 1. The van der Waals surface area contributed by atoms with Gasteiger partial charge in [0.05, 0.1) is 41.8 Å². The number of rotatable bonds is 13. The van der Waals surface area contributed by atoms with Crippen LogP contribution in [0.1, 0.15) is 157 Å². The Labute approximate surface area is 332 Å². The predicted molar refractivity (Wildman–Crippen MR) is 215 cm³/mol. The molecule has 0 radical (unpaired) electrons. The molecule has 7 N–H and O–H groups in total. The highest BCUT2D eigenvalue weighted by Crippen LogP contribution is 2.70. The number of allylic oxidation sites excluding steroid dienone is 1. The molecule has 2 aliphatic heterocycles. The molecule has 0 amide bonds. The Morgan fingerprint density at radius 1 is 0.982 bits per heavy atom. The quantitative estimate of drug-likeness (QED) is 0.114. The number of ketones is 1. The number of carbonyl (C=O) groups is 1. The van der Waals surface area contributed by atoms with Crippen LogP contribution >= 0.6 is 0 Å². The maximum atomic E-state index is 14.3. The summed E-state index contributed by atoms with van der Waals surface area (Å²) < 4.78 is 13.9. The molecule has 17 unspecified atom stereocenters. The number of aliphatic hydroxyl groups is 4. The molecule has 55 heavy (non-hydrogen) atoms. The number of carbonyl (C=O) groups excluding carboxylic acids is 1. The van der Waals surface area contributed by atoms with E-state index < -0.39 is 40.3 Å². The third-order valence-corrected chi connectivity index (χ3v) is 17.5. The Hall–Kier alpha value is -0.910. The van der Waals surface area contributed by atoms with E-state index in [0.29, 0.717) is 44.1 Å². The van der Waals surface area contributed by atoms with E-state index in [0.717, 1.165) is 75.8 Å². The smallest absolute Gasteiger partial charge is 0.159 e. The number of nitrogens with two attached hydrogens (primary N) is 1. The van der Waals surface area contributed by atoms with Crippen molar-refractivity contribution in [2.45, 2.75) is 205 Å². The number of unbranched alkanes of at least 4 members (excludes halogenated alkanes) is 2. The summed E-state index contributed by atoms with van der Waals surface area (Å²) in [6, 6.07) is 0. The monoisotopic (exact) mass is 771 g/mol. The van der Waals surface area contributed by atoms with E-state index in [9.17, 15) is 25.2 Å². The third-order valence-electron chi connectivity index (χ3n) is 17.5. The molecule has 2 saturated heterocycles. The summed E-state index contributed by atoms with van der Waals surface area (Å²) in [6.07, 6.45) is 16.6. The number of hydrogen-bond acceptors (Lipinski definition) is 9. The second kappa shape index (κ2) is 16.6. The third kappa shape index (κ3) is 7.48. The zero-order valence-electron chi connectivity index (χ0n) is 35.0. The number of ether oxygens (including phenoxy) is 2. The minimum atomic E-state index is -1.27. The van der Waals surface area contributed by atoms with Crippen LogP contribution in [0.3, 0.4) is 0 Å². The van der Waals surface area contributed by atoms with Crippen LogP contribution in [-0.2, 0) is 14.3 Å². The van der Waals surface area contributed by atoms with E-state index in [4.69, 9.17) is 15.2 Å². The van der Waals surface area contributed by atoms with Crippen LogP contribution in [0, 0.1) is 52.3 Å².